The minimum atomic E-state index is -0.917. The molecule has 142 valence electrons. The lowest BCUT2D eigenvalue weighted by atomic mass is 9.73. The molecule has 1 atom stereocenters. The van der Waals surface area contributed by atoms with Crippen LogP contribution in [-0.4, -0.2) is 28.8 Å². The highest BCUT2D eigenvalue weighted by atomic mass is 16.2. The summed E-state index contributed by atoms with van der Waals surface area (Å²) in [4.78, 5) is 35.0. The van der Waals surface area contributed by atoms with E-state index in [4.69, 9.17) is 0 Å². The van der Waals surface area contributed by atoms with Gasteiger partial charge in [-0.05, 0) is 23.6 Å². The average molecular weight is 374 g/mol. The highest BCUT2D eigenvalue weighted by Gasteiger charge is 2.50. The van der Waals surface area contributed by atoms with Gasteiger partial charge >= 0.3 is 0 Å². The number of hydrogen-bond donors (Lipinski definition) is 2. The van der Waals surface area contributed by atoms with Crippen LogP contribution in [0.4, 0.5) is 5.69 Å². The summed E-state index contributed by atoms with van der Waals surface area (Å²) in [5, 5.41) is 2.89. The molecule has 0 radical (unpaired) electrons. The number of nitrogens with zero attached hydrogens (tertiary/aromatic N) is 2. The first-order valence-electron chi connectivity index (χ1n) is 9.27. The van der Waals surface area contributed by atoms with Crippen LogP contribution in [0.1, 0.15) is 23.4 Å². The molecule has 0 spiro atoms. The number of rotatable bonds is 6. The third kappa shape index (κ3) is 3.17. The topological polar surface area (TPSA) is 78.1 Å². The maximum absolute atomic E-state index is 13.4. The number of fused-ring (bicyclic) bond motifs is 1. The minimum absolute atomic E-state index is 0.0503. The van der Waals surface area contributed by atoms with Crippen LogP contribution >= 0.6 is 0 Å². The molecule has 0 saturated heterocycles. The summed E-state index contributed by atoms with van der Waals surface area (Å²) in [6, 6.07) is 17.6. The van der Waals surface area contributed by atoms with Gasteiger partial charge in [-0.15, -0.1) is 0 Å². The van der Waals surface area contributed by atoms with Crippen LogP contribution in [0.2, 0.25) is 0 Å². The van der Waals surface area contributed by atoms with Gasteiger partial charge in [-0.25, -0.2) is 4.98 Å². The predicted molar refractivity (Wildman–Crippen MR) is 107 cm³/mol. The largest absolute Gasteiger partial charge is 0.349 e. The first kappa shape index (κ1) is 18.0. The average Bonchev–Trinajstić information content (AvgIpc) is 3.31. The van der Waals surface area contributed by atoms with Gasteiger partial charge in [0, 0.05) is 31.5 Å². The number of nitrogens with one attached hydrogen (secondary N) is 2. The maximum Gasteiger partial charge on any atom is 0.238 e. The quantitative estimate of drug-likeness (QED) is 0.696. The molecule has 0 fully saturated rings. The SMILES string of the molecule is CN1C(=O)[C@@](CC(=O)NCc2ncc[nH]2)(Cc2ccccc2)c2ccccc21. The van der Waals surface area contributed by atoms with Crippen molar-refractivity contribution < 1.29 is 9.59 Å². The molecule has 1 aliphatic rings. The molecule has 2 amide bonds. The summed E-state index contributed by atoms with van der Waals surface area (Å²) < 4.78 is 0. The highest BCUT2D eigenvalue weighted by Crippen LogP contribution is 2.45. The number of hydrogen-bond acceptors (Lipinski definition) is 3. The highest BCUT2D eigenvalue weighted by molar-refractivity contribution is 6.09. The Labute approximate surface area is 163 Å². The van der Waals surface area contributed by atoms with Crippen molar-refractivity contribution in [2.75, 3.05) is 11.9 Å². The number of imidazole rings is 1. The van der Waals surface area contributed by atoms with E-state index in [0.29, 0.717) is 18.8 Å². The summed E-state index contributed by atoms with van der Waals surface area (Å²) in [6.45, 7) is 0.304. The van der Waals surface area contributed by atoms with Crippen molar-refractivity contribution in [3.8, 4) is 0 Å². The normalized spacial score (nSPS) is 18.2. The van der Waals surface area contributed by atoms with Crippen LogP contribution in [0.25, 0.3) is 0 Å². The zero-order chi connectivity index (χ0) is 19.6. The molecule has 0 aliphatic carbocycles. The molecule has 2 heterocycles. The van der Waals surface area contributed by atoms with Crippen molar-refractivity contribution in [1.82, 2.24) is 15.3 Å². The van der Waals surface area contributed by atoms with Crippen LogP contribution in [0, 0.1) is 0 Å². The van der Waals surface area contributed by atoms with E-state index in [0.717, 1.165) is 16.8 Å². The van der Waals surface area contributed by atoms with E-state index in [1.165, 1.54) is 0 Å². The first-order chi connectivity index (χ1) is 13.6. The Morgan fingerprint density at radius 3 is 2.64 bits per heavy atom. The van der Waals surface area contributed by atoms with Gasteiger partial charge in [0.05, 0.1) is 12.0 Å². The molecule has 2 aromatic carbocycles. The van der Waals surface area contributed by atoms with E-state index in [-0.39, 0.29) is 18.2 Å². The Balaban J connectivity index is 1.66. The number of likely N-dealkylation sites (N-methyl/N-ethyl adjacent to an activating group) is 1. The van der Waals surface area contributed by atoms with Crippen LogP contribution in [0.15, 0.2) is 67.0 Å². The Hall–Kier alpha value is -3.41. The Morgan fingerprint density at radius 2 is 1.89 bits per heavy atom. The number of aromatic nitrogens is 2. The van der Waals surface area contributed by atoms with E-state index in [9.17, 15) is 9.59 Å². The monoisotopic (exact) mass is 374 g/mol. The third-order valence-corrected chi connectivity index (χ3v) is 5.31. The lowest BCUT2D eigenvalue weighted by Crippen LogP contribution is -2.44. The van der Waals surface area contributed by atoms with E-state index >= 15 is 0 Å². The number of para-hydroxylation sites is 1. The fourth-order valence-corrected chi connectivity index (χ4v) is 3.98. The standard InChI is InChI=1S/C22H22N4O2/c1-26-18-10-6-5-9-17(18)22(21(26)28,13-16-7-3-2-4-8-16)14-20(27)25-15-19-23-11-12-24-19/h2-12H,13-15H2,1H3,(H,23,24)(H,25,27)/t22-/m1/s1. The number of carbonyl (C=O) groups is 2. The number of carbonyl (C=O) groups excluding carboxylic acids is 2. The van der Waals surface area contributed by atoms with Crippen LogP contribution in [0.3, 0.4) is 0 Å². The molecule has 28 heavy (non-hydrogen) atoms. The lowest BCUT2D eigenvalue weighted by molar-refractivity contribution is -0.129. The molecule has 0 saturated carbocycles. The smallest absolute Gasteiger partial charge is 0.238 e. The van der Waals surface area contributed by atoms with Gasteiger partial charge in [0.1, 0.15) is 5.82 Å². The Bertz CT molecular complexity index is 985. The molecule has 2 N–H and O–H groups in total. The summed E-state index contributed by atoms with van der Waals surface area (Å²) in [7, 11) is 1.77. The van der Waals surface area contributed by atoms with Gasteiger partial charge in [0.2, 0.25) is 11.8 Å². The molecule has 3 aromatic rings. The summed E-state index contributed by atoms with van der Waals surface area (Å²) in [6.07, 6.45) is 3.92. The number of aromatic amines is 1. The van der Waals surface area contributed by atoms with E-state index < -0.39 is 5.41 Å². The van der Waals surface area contributed by atoms with Crippen molar-refractivity contribution in [1.29, 1.82) is 0 Å². The molecule has 4 rings (SSSR count). The van der Waals surface area contributed by atoms with Crippen molar-refractivity contribution in [2.24, 2.45) is 0 Å². The van der Waals surface area contributed by atoms with Crippen molar-refractivity contribution in [2.45, 2.75) is 24.8 Å². The van der Waals surface area contributed by atoms with Gasteiger partial charge in [-0.1, -0.05) is 48.5 Å². The van der Waals surface area contributed by atoms with Crippen LogP contribution < -0.4 is 10.2 Å². The number of benzene rings is 2. The van der Waals surface area contributed by atoms with Crippen molar-refractivity contribution >= 4 is 17.5 Å². The summed E-state index contributed by atoms with van der Waals surface area (Å²) in [5.74, 6) is 0.456. The fourth-order valence-electron chi connectivity index (χ4n) is 3.98. The maximum atomic E-state index is 13.4. The third-order valence-electron chi connectivity index (χ3n) is 5.31. The van der Waals surface area contributed by atoms with Crippen molar-refractivity contribution in [3.05, 3.63) is 83.9 Å². The Morgan fingerprint density at radius 1 is 1.14 bits per heavy atom. The second kappa shape index (κ2) is 7.31. The molecule has 0 unspecified atom stereocenters. The van der Waals surface area contributed by atoms with Crippen LogP contribution in [-0.2, 0) is 28.0 Å². The zero-order valence-corrected chi connectivity index (χ0v) is 15.7. The molecule has 0 bridgehead atoms. The lowest BCUT2D eigenvalue weighted by Gasteiger charge is -2.28. The molecular formula is C22H22N4O2. The predicted octanol–water partition coefficient (Wildman–Crippen LogP) is 2.57. The molecule has 6 nitrogen and oxygen atoms in total. The van der Waals surface area contributed by atoms with Gasteiger partial charge in [0.15, 0.2) is 0 Å². The number of amides is 2. The van der Waals surface area contributed by atoms with Crippen LogP contribution in [0.5, 0.6) is 0 Å². The van der Waals surface area contributed by atoms with Gasteiger partial charge in [-0.2, -0.15) is 0 Å². The van der Waals surface area contributed by atoms with E-state index in [1.54, 1.807) is 24.3 Å². The second-order valence-electron chi connectivity index (χ2n) is 7.12. The van der Waals surface area contributed by atoms with Gasteiger partial charge < -0.3 is 15.2 Å². The number of H-pyrrole nitrogens is 1. The first-order valence-corrected chi connectivity index (χ1v) is 9.27. The summed E-state index contributed by atoms with van der Waals surface area (Å²) in [5.41, 5.74) is 1.88. The van der Waals surface area contributed by atoms with Crippen molar-refractivity contribution in [3.63, 3.8) is 0 Å². The Kier molecular flexibility index (Phi) is 4.69. The van der Waals surface area contributed by atoms with Gasteiger partial charge in [-0.3, -0.25) is 9.59 Å². The molecule has 1 aliphatic heterocycles. The fraction of sp³-hybridized carbons (Fsp3) is 0.227. The molecule has 1 aromatic heterocycles. The summed E-state index contributed by atoms with van der Waals surface area (Å²) >= 11 is 0. The van der Waals surface area contributed by atoms with E-state index in [2.05, 4.69) is 15.3 Å². The minimum Gasteiger partial charge on any atom is -0.349 e. The second-order valence-corrected chi connectivity index (χ2v) is 7.12. The van der Waals surface area contributed by atoms with Gasteiger partial charge in [0.25, 0.3) is 0 Å². The molecule has 6 heteroatoms. The van der Waals surface area contributed by atoms with E-state index in [1.807, 2.05) is 54.6 Å². The zero-order valence-electron chi connectivity index (χ0n) is 15.7. The molecular weight excluding hydrogens is 352 g/mol. The number of anilines is 1.